The lowest BCUT2D eigenvalue weighted by Crippen LogP contribution is -2.58. The smallest absolute Gasteiger partial charge is 0.243 e. The largest absolute Gasteiger partial charge is 0.373 e. The van der Waals surface area contributed by atoms with Gasteiger partial charge < -0.3 is 15.8 Å². The van der Waals surface area contributed by atoms with Crippen LogP contribution >= 0.6 is 12.4 Å². The summed E-state index contributed by atoms with van der Waals surface area (Å²) in [6.45, 7) is 1.68. The topological polar surface area (TPSA) is 102 Å². The van der Waals surface area contributed by atoms with E-state index in [0.29, 0.717) is 11.8 Å². The summed E-state index contributed by atoms with van der Waals surface area (Å²) >= 11 is 0. The van der Waals surface area contributed by atoms with E-state index in [1.165, 1.54) is 11.3 Å². The highest BCUT2D eigenvalue weighted by molar-refractivity contribution is 6.09. The molecule has 7 atom stereocenters. The summed E-state index contributed by atoms with van der Waals surface area (Å²) in [5.74, 6) is -0.564. The minimum atomic E-state index is -0.758. The molecule has 2 saturated carbocycles. The van der Waals surface area contributed by atoms with Gasteiger partial charge in [0.15, 0.2) is 0 Å². The van der Waals surface area contributed by atoms with Crippen LogP contribution in [0.1, 0.15) is 51.9 Å². The second-order valence-electron chi connectivity index (χ2n) is 9.28. The van der Waals surface area contributed by atoms with Gasteiger partial charge in [-0.15, -0.1) is 12.4 Å². The number of halogens is 1. The van der Waals surface area contributed by atoms with Crippen LogP contribution in [-0.4, -0.2) is 53.0 Å². The molecule has 3 amide bonds. The first-order valence-electron chi connectivity index (χ1n) is 10.5. The molecule has 3 aliphatic heterocycles. The number of nitrogens with two attached hydrogens (primary N) is 1. The number of likely N-dealkylation sites (tertiary alicyclic amines) is 1. The molecule has 3 heterocycles. The number of carbonyl (C=O) groups is 3. The maximum Gasteiger partial charge on any atom is 0.243 e. The molecule has 5 rings (SSSR count). The van der Waals surface area contributed by atoms with Gasteiger partial charge in [0.25, 0.3) is 0 Å². The lowest BCUT2D eigenvalue weighted by Gasteiger charge is -2.45. The fourth-order valence-electron chi connectivity index (χ4n) is 6.54. The molecule has 5 aliphatic rings. The Kier molecular flexibility index (Phi) is 5.21. The summed E-state index contributed by atoms with van der Waals surface area (Å²) < 4.78 is 5.77. The number of imide groups is 1. The second-order valence-corrected chi connectivity index (χ2v) is 9.28. The van der Waals surface area contributed by atoms with Crippen LogP contribution in [0.5, 0.6) is 0 Å². The van der Waals surface area contributed by atoms with E-state index in [1.54, 1.807) is 6.92 Å². The molecule has 3 N–H and O–H groups in total. The molecule has 2 aliphatic carbocycles. The Morgan fingerprint density at radius 3 is 2.14 bits per heavy atom. The maximum absolute atomic E-state index is 13.0. The molecule has 0 aromatic rings. The molecule has 28 heavy (non-hydrogen) atoms. The van der Waals surface area contributed by atoms with Gasteiger partial charge in [-0.05, 0) is 57.3 Å². The van der Waals surface area contributed by atoms with Crippen molar-refractivity contribution >= 4 is 30.1 Å². The van der Waals surface area contributed by atoms with E-state index in [0.717, 1.165) is 38.5 Å². The SMILES string of the molecule is CC(C(=O)NC1C2CCCC1CC(N)C2)N1C(=O)C2C3CCC(O3)C2C1=O.Cl. The second kappa shape index (κ2) is 7.26. The Morgan fingerprint density at radius 2 is 1.61 bits per heavy atom. The number of hydrogen-bond donors (Lipinski definition) is 2. The van der Waals surface area contributed by atoms with Crippen LogP contribution in [-0.2, 0) is 19.1 Å². The van der Waals surface area contributed by atoms with Crippen LogP contribution in [0.3, 0.4) is 0 Å². The number of carbonyl (C=O) groups excluding carboxylic acids is 3. The number of hydrogen-bond acceptors (Lipinski definition) is 5. The van der Waals surface area contributed by atoms with Gasteiger partial charge in [-0.25, -0.2) is 0 Å². The number of fused-ring (bicyclic) bond motifs is 7. The van der Waals surface area contributed by atoms with E-state index < -0.39 is 6.04 Å². The first-order chi connectivity index (χ1) is 13.0. The molecule has 0 spiro atoms. The highest BCUT2D eigenvalue weighted by atomic mass is 35.5. The van der Waals surface area contributed by atoms with Gasteiger partial charge in [-0.1, -0.05) is 6.42 Å². The number of nitrogens with zero attached hydrogens (tertiary/aromatic N) is 1. The van der Waals surface area contributed by atoms with Crippen LogP contribution in [0.2, 0.25) is 0 Å². The summed E-state index contributed by atoms with van der Waals surface area (Å²) in [5, 5.41) is 3.19. The third-order valence-electron chi connectivity index (χ3n) is 7.77. The van der Waals surface area contributed by atoms with Crippen molar-refractivity contribution in [1.29, 1.82) is 0 Å². The fraction of sp³-hybridized carbons (Fsp3) is 0.850. The molecule has 156 valence electrons. The molecule has 0 radical (unpaired) electrons. The standard InChI is InChI=1S/C20H29N3O4.ClH/c1-9(18(24)22-17-10-3-2-4-11(17)8-12(21)7-10)23-19(25)15-13-5-6-14(27-13)16(15)20(23)26;/h9-17H,2-8,21H2,1H3,(H,22,24);1H. The number of amides is 3. The van der Waals surface area contributed by atoms with Crippen molar-refractivity contribution in [3.63, 3.8) is 0 Å². The van der Waals surface area contributed by atoms with Crippen molar-refractivity contribution < 1.29 is 19.1 Å². The lowest BCUT2D eigenvalue weighted by atomic mass is 9.67. The quantitative estimate of drug-likeness (QED) is 0.674. The summed E-state index contributed by atoms with van der Waals surface area (Å²) in [5.41, 5.74) is 6.18. The lowest BCUT2D eigenvalue weighted by molar-refractivity contribution is -0.150. The van der Waals surface area contributed by atoms with E-state index in [-0.39, 0.29) is 66.3 Å². The minimum Gasteiger partial charge on any atom is -0.373 e. The Bertz CT molecular complexity index is 646. The zero-order chi connectivity index (χ0) is 18.9. The zero-order valence-electron chi connectivity index (χ0n) is 16.2. The Morgan fingerprint density at radius 1 is 1.07 bits per heavy atom. The van der Waals surface area contributed by atoms with Crippen LogP contribution in [0.4, 0.5) is 0 Å². The van der Waals surface area contributed by atoms with Gasteiger partial charge >= 0.3 is 0 Å². The summed E-state index contributed by atoms with van der Waals surface area (Å²) in [7, 11) is 0. The van der Waals surface area contributed by atoms with Crippen molar-refractivity contribution in [3.05, 3.63) is 0 Å². The van der Waals surface area contributed by atoms with Crippen molar-refractivity contribution in [2.45, 2.75) is 82.2 Å². The maximum atomic E-state index is 13.0. The van der Waals surface area contributed by atoms with E-state index in [2.05, 4.69) is 5.32 Å². The Balaban J connectivity index is 0.00000192. The van der Waals surface area contributed by atoms with Crippen LogP contribution in [0.15, 0.2) is 0 Å². The highest BCUT2D eigenvalue weighted by Crippen LogP contribution is 2.49. The van der Waals surface area contributed by atoms with Crippen molar-refractivity contribution in [3.8, 4) is 0 Å². The molecule has 3 saturated heterocycles. The minimum absolute atomic E-state index is 0. The molecule has 0 aromatic heterocycles. The average Bonchev–Trinajstić information content (AvgIpc) is 3.29. The van der Waals surface area contributed by atoms with Gasteiger partial charge in [-0.2, -0.15) is 0 Å². The third-order valence-corrected chi connectivity index (χ3v) is 7.77. The van der Waals surface area contributed by atoms with E-state index in [4.69, 9.17) is 10.5 Å². The molecule has 7 nitrogen and oxygen atoms in total. The van der Waals surface area contributed by atoms with Gasteiger partial charge in [-0.3, -0.25) is 19.3 Å². The van der Waals surface area contributed by atoms with E-state index >= 15 is 0 Å². The van der Waals surface area contributed by atoms with Crippen LogP contribution in [0.25, 0.3) is 0 Å². The molecular formula is C20H30ClN3O4. The molecule has 8 heteroatoms. The summed E-state index contributed by atoms with van der Waals surface area (Å²) in [6, 6.07) is -0.408. The molecule has 4 bridgehead atoms. The monoisotopic (exact) mass is 411 g/mol. The molecule has 0 aromatic carbocycles. The normalized spacial score (nSPS) is 44.9. The van der Waals surface area contributed by atoms with Crippen LogP contribution in [0, 0.1) is 23.7 Å². The molecule has 5 fully saturated rings. The summed E-state index contributed by atoms with van der Waals surface area (Å²) in [4.78, 5) is 40.0. The van der Waals surface area contributed by atoms with Gasteiger partial charge in [0, 0.05) is 12.1 Å². The number of ether oxygens (including phenoxy) is 1. The van der Waals surface area contributed by atoms with Crippen molar-refractivity contribution in [1.82, 2.24) is 10.2 Å². The molecular weight excluding hydrogens is 382 g/mol. The number of rotatable bonds is 3. The van der Waals surface area contributed by atoms with Crippen molar-refractivity contribution in [2.24, 2.45) is 29.4 Å². The van der Waals surface area contributed by atoms with Gasteiger partial charge in [0.1, 0.15) is 6.04 Å². The Labute approximate surface area is 171 Å². The van der Waals surface area contributed by atoms with Crippen LogP contribution < -0.4 is 11.1 Å². The predicted octanol–water partition coefficient (Wildman–Crippen LogP) is 0.981. The molecule has 7 unspecified atom stereocenters. The van der Waals surface area contributed by atoms with Gasteiger partial charge in [0.05, 0.1) is 24.0 Å². The summed E-state index contributed by atoms with van der Waals surface area (Å²) in [6.07, 6.45) is 6.66. The number of nitrogens with one attached hydrogen (secondary N) is 1. The third kappa shape index (κ3) is 2.89. The average molecular weight is 412 g/mol. The Hall–Kier alpha value is -1.18. The highest BCUT2D eigenvalue weighted by Gasteiger charge is 2.63. The first kappa shape index (κ1) is 20.1. The van der Waals surface area contributed by atoms with E-state index in [9.17, 15) is 14.4 Å². The van der Waals surface area contributed by atoms with Gasteiger partial charge in [0.2, 0.25) is 17.7 Å². The fourth-order valence-corrected chi connectivity index (χ4v) is 6.54. The zero-order valence-corrected chi connectivity index (χ0v) is 17.0. The predicted molar refractivity (Wildman–Crippen MR) is 103 cm³/mol. The van der Waals surface area contributed by atoms with Crippen molar-refractivity contribution in [2.75, 3.05) is 0 Å². The van der Waals surface area contributed by atoms with E-state index in [1.807, 2.05) is 0 Å². The first-order valence-corrected chi connectivity index (χ1v) is 10.5.